The predicted molar refractivity (Wildman–Crippen MR) is 149 cm³/mol. The second-order valence-electron chi connectivity index (χ2n) is 10.5. The van der Waals surface area contributed by atoms with Crippen molar-refractivity contribution in [2.75, 3.05) is 40.0 Å². The number of hydrogen-bond donors (Lipinski definition) is 3. The number of carbonyl (C=O) groups excluding carboxylic acids is 2. The average Bonchev–Trinajstić information content (AvgIpc) is 3.58. The molecular weight excluding hydrogens is 530 g/mol. The van der Waals surface area contributed by atoms with E-state index >= 15 is 0 Å². The number of hydrogen-bond acceptors (Lipinski definition) is 10. The van der Waals surface area contributed by atoms with Crippen LogP contribution in [0.3, 0.4) is 0 Å². The summed E-state index contributed by atoms with van der Waals surface area (Å²) in [7, 11) is 1.36. The predicted octanol–water partition coefficient (Wildman–Crippen LogP) is 3.61. The number of phenols is 2. The number of amides is 1. The first-order valence-corrected chi connectivity index (χ1v) is 13.7. The van der Waals surface area contributed by atoms with Gasteiger partial charge in [-0.15, -0.1) is 0 Å². The third-order valence-corrected chi connectivity index (χ3v) is 7.55. The van der Waals surface area contributed by atoms with Crippen LogP contribution in [0.5, 0.6) is 11.5 Å². The van der Waals surface area contributed by atoms with Crippen molar-refractivity contribution >= 4 is 11.9 Å². The topological polar surface area (TPSA) is 144 Å². The zero-order valence-electron chi connectivity index (χ0n) is 23.5. The van der Waals surface area contributed by atoms with Gasteiger partial charge in [0.05, 0.1) is 43.7 Å². The number of benzene rings is 2. The number of aromatic nitrogens is 1. The number of carbonyl (C=O) groups is 2. The summed E-state index contributed by atoms with van der Waals surface area (Å²) in [5, 5.41) is 27.9. The highest BCUT2D eigenvalue weighted by Crippen LogP contribution is 2.43. The SMILES string of the molecule is CCNC(=O)c1noc(-c2cc(C(C)C)c(O)cc2O)c1-c1ccc(C(C(=O)OC)N2C[C@@H]3OCCO[C@@H]3C2)cc1. The number of nitrogens with one attached hydrogen (secondary N) is 1. The first-order valence-electron chi connectivity index (χ1n) is 13.7. The highest BCUT2D eigenvalue weighted by Gasteiger charge is 2.42. The van der Waals surface area contributed by atoms with Gasteiger partial charge in [-0.1, -0.05) is 43.3 Å². The molecule has 2 aliphatic rings. The van der Waals surface area contributed by atoms with Gasteiger partial charge >= 0.3 is 5.97 Å². The number of fused-ring (bicyclic) bond motifs is 1. The summed E-state index contributed by atoms with van der Waals surface area (Å²) < 4.78 is 22.5. The molecule has 2 aromatic carbocycles. The zero-order valence-corrected chi connectivity index (χ0v) is 23.5. The molecule has 0 bridgehead atoms. The Labute approximate surface area is 238 Å². The number of ether oxygens (including phenoxy) is 3. The fourth-order valence-electron chi connectivity index (χ4n) is 5.52. The van der Waals surface area contributed by atoms with Gasteiger partial charge in [0.2, 0.25) is 0 Å². The lowest BCUT2D eigenvalue weighted by Gasteiger charge is -2.25. The molecule has 1 unspecified atom stereocenters. The van der Waals surface area contributed by atoms with E-state index < -0.39 is 17.9 Å². The molecule has 11 heteroatoms. The van der Waals surface area contributed by atoms with Gasteiger partial charge in [-0.05, 0) is 35.6 Å². The van der Waals surface area contributed by atoms with Gasteiger partial charge in [0, 0.05) is 25.7 Å². The third-order valence-electron chi connectivity index (χ3n) is 7.55. The van der Waals surface area contributed by atoms with Gasteiger partial charge in [0.25, 0.3) is 5.91 Å². The van der Waals surface area contributed by atoms with Crippen molar-refractivity contribution in [3.8, 4) is 33.9 Å². The normalized spacial score (nSPS) is 19.6. The average molecular weight is 566 g/mol. The maximum absolute atomic E-state index is 13.0. The van der Waals surface area contributed by atoms with Crippen molar-refractivity contribution in [3.63, 3.8) is 0 Å². The lowest BCUT2D eigenvalue weighted by atomic mass is 9.93. The van der Waals surface area contributed by atoms with E-state index in [9.17, 15) is 19.8 Å². The van der Waals surface area contributed by atoms with Gasteiger partial charge in [-0.25, -0.2) is 4.79 Å². The van der Waals surface area contributed by atoms with Crippen molar-refractivity contribution in [2.45, 2.75) is 44.9 Å². The summed E-state index contributed by atoms with van der Waals surface area (Å²) >= 11 is 0. The van der Waals surface area contributed by atoms with E-state index in [-0.39, 0.29) is 41.1 Å². The highest BCUT2D eigenvalue weighted by molar-refractivity contribution is 6.02. The summed E-state index contributed by atoms with van der Waals surface area (Å²) in [6.07, 6.45) is -0.216. The molecule has 5 rings (SSSR count). The fourth-order valence-corrected chi connectivity index (χ4v) is 5.52. The smallest absolute Gasteiger partial charge is 0.327 e. The quantitative estimate of drug-likeness (QED) is 0.347. The Bertz CT molecular complexity index is 1400. The molecule has 2 saturated heterocycles. The second-order valence-corrected chi connectivity index (χ2v) is 10.5. The van der Waals surface area contributed by atoms with Crippen molar-refractivity contribution < 1.29 is 38.5 Å². The number of likely N-dealkylation sites (tertiary alicyclic amines) is 1. The lowest BCUT2D eigenvalue weighted by molar-refractivity contribution is -0.147. The van der Waals surface area contributed by atoms with Gasteiger partial charge in [-0.3, -0.25) is 9.69 Å². The molecule has 1 amide bonds. The summed E-state index contributed by atoms with van der Waals surface area (Å²) in [5.74, 6) is -0.948. The van der Waals surface area contributed by atoms with Crippen molar-refractivity contribution in [3.05, 3.63) is 53.2 Å². The first kappa shape index (κ1) is 28.6. The minimum atomic E-state index is -0.675. The minimum absolute atomic E-state index is 0.0386. The lowest BCUT2D eigenvalue weighted by Crippen LogP contribution is -2.36. The van der Waals surface area contributed by atoms with Gasteiger partial charge in [0.1, 0.15) is 17.5 Å². The minimum Gasteiger partial charge on any atom is -0.508 e. The largest absolute Gasteiger partial charge is 0.508 e. The zero-order chi connectivity index (χ0) is 29.3. The van der Waals surface area contributed by atoms with Crippen molar-refractivity contribution in [1.29, 1.82) is 0 Å². The molecule has 0 aliphatic carbocycles. The maximum atomic E-state index is 13.0. The van der Waals surface area contributed by atoms with E-state index in [4.69, 9.17) is 18.7 Å². The van der Waals surface area contributed by atoms with Crippen LogP contribution in [0.4, 0.5) is 0 Å². The van der Waals surface area contributed by atoms with E-state index in [0.29, 0.717) is 60.7 Å². The van der Waals surface area contributed by atoms with Crippen LogP contribution >= 0.6 is 0 Å². The standard InChI is InChI=1S/C30H35N3O8/c1-5-31-29(36)26-25(28(41-32-26)20-12-19(16(2)3)21(34)13-22(20)35)17-6-8-18(9-7-17)27(30(37)38-4)33-14-23-24(15-33)40-11-10-39-23/h6-9,12-13,16,23-24,27,34-35H,5,10-11,14-15H2,1-4H3,(H,31,36)/t23-,24+,27?. The molecule has 1 aromatic heterocycles. The number of phenolic OH excluding ortho intramolecular Hbond substituents is 2. The monoisotopic (exact) mass is 565 g/mol. The Hall–Kier alpha value is -3.93. The van der Waals surface area contributed by atoms with Crippen LogP contribution in [0.25, 0.3) is 22.5 Å². The molecular formula is C30H35N3O8. The van der Waals surface area contributed by atoms with Crippen molar-refractivity contribution in [1.82, 2.24) is 15.4 Å². The Morgan fingerprint density at radius 1 is 1.07 bits per heavy atom. The molecule has 3 aromatic rings. The summed E-state index contributed by atoms with van der Waals surface area (Å²) in [6, 6.07) is 9.38. The molecule has 0 radical (unpaired) electrons. The Balaban J connectivity index is 1.56. The van der Waals surface area contributed by atoms with E-state index in [0.717, 1.165) is 0 Å². The van der Waals surface area contributed by atoms with Crippen LogP contribution in [-0.4, -0.2) is 84.3 Å². The molecule has 0 saturated carbocycles. The molecule has 2 aliphatic heterocycles. The van der Waals surface area contributed by atoms with Gasteiger partial charge in [-0.2, -0.15) is 0 Å². The summed E-state index contributed by atoms with van der Waals surface area (Å²) in [5.41, 5.74) is 2.62. The summed E-state index contributed by atoms with van der Waals surface area (Å²) in [4.78, 5) is 27.9. The third kappa shape index (κ3) is 5.52. The van der Waals surface area contributed by atoms with Crippen LogP contribution in [0, 0.1) is 0 Å². The Kier molecular flexibility index (Phi) is 8.30. The molecule has 218 valence electrons. The van der Waals surface area contributed by atoms with Crippen LogP contribution in [-0.2, 0) is 19.0 Å². The molecule has 3 atom stereocenters. The van der Waals surface area contributed by atoms with Gasteiger partial charge < -0.3 is 34.3 Å². The van der Waals surface area contributed by atoms with E-state index in [1.54, 1.807) is 37.3 Å². The highest BCUT2D eigenvalue weighted by atomic mass is 16.6. The number of aromatic hydroxyl groups is 2. The van der Waals surface area contributed by atoms with E-state index in [1.165, 1.54) is 13.2 Å². The second kappa shape index (κ2) is 11.9. The number of rotatable bonds is 8. The molecule has 0 spiro atoms. The van der Waals surface area contributed by atoms with Crippen LogP contribution in [0.2, 0.25) is 0 Å². The van der Waals surface area contributed by atoms with Crippen LogP contribution in [0.1, 0.15) is 54.3 Å². The fraction of sp³-hybridized carbons (Fsp3) is 0.433. The Morgan fingerprint density at radius 3 is 2.32 bits per heavy atom. The number of nitrogens with zero attached hydrogens (tertiary/aromatic N) is 2. The van der Waals surface area contributed by atoms with E-state index in [1.807, 2.05) is 18.7 Å². The number of esters is 1. The number of methoxy groups -OCH3 is 1. The Morgan fingerprint density at radius 2 is 1.73 bits per heavy atom. The van der Waals surface area contributed by atoms with Crippen molar-refractivity contribution in [2.24, 2.45) is 0 Å². The molecule has 11 nitrogen and oxygen atoms in total. The van der Waals surface area contributed by atoms with Crippen LogP contribution < -0.4 is 5.32 Å². The molecule has 3 N–H and O–H groups in total. The van der Waals surface area contributed by atoms with Crippen LogP contribution in [0.15, 0.2) is 40.9 Å². The van der Waals surface area contributed by atoms with Gasteiger partial charge in [0.15, 0.2) is 11.5 Å². The maximum Gasteiger partial charge on any atom is 0.327 e. The molecule has 2 fully saturated rings. The summed E-state index contributed by atoms with van der Waals surface area (Å²) in [6.45, 7) is 8.12. The first-order chi connectivity index (χ1) is 19.7. The van der Waals surface area contributed by atoms with E-state index in [2.05, 4.69) is 10.5 Å². The molecule has 3 heterocycles. The molecule has 41 heavy (non-hydrogen) atoms.